The van der Waals surface area contributed by atoms with Crippen molar-refractivity contribution in [1.29, 1.82) is 0 Å². The Morgan fingerprint density at radius 1 is 1.33 bits per heavy atom. The van der Waals surface area contributed by atoms with Crippen molar-refractivity contribution >= 4 is 0 Å². The summed E-state index contributed by atoms with van der Waals surface area (Å²) in [5, 5.41) is 0. The molecule has 1 aliphatic carbocycles. The van der Waals surface area contributed by atoms with E-state index in [1.165, 1.54) is 12.1 Å². The summed E-state index contributed by atoms with van der Waals surface area (Å²) in [6.45, 7) is 0.941. The van der Waals surface area contributed by atoms with Gasteiger partial charge >= 0.3 is 0 Å². The first-order chi connectivity index (χ1) is 8.66. The number of ether oxygens (including phenoxy) is 2. The molecule has 4 heteroatoms. The maximum atomic E-state index is 13.6. The number of halogens is 1. The normalized spacial score (nSPS) is 17.3. The quantitative estimate of drug-likeness (QED) is 0.876. The van der Waals surface area contributed by atoms with Gasteiger partial charge in [0.25, 0.3) is 0 Å². The largest absolute Gasteiger partial charge is 0.496 e. The molecule has 0 aromatic heterocycles. The molecule has 0 atom stereocenters. The second-order valence-corrected chi connectivity index (χ2v) is 4.91. The van der Waals surface area contributed by atoms with Crippen LogP contribution in [0.25, 0.3) is 0 Å². The third-order valence-corrected chi connectivity index (χ3v) is 3.90. The van der Waals surface area contributed by atoms with Crippen molar-refractivity contribution in [2.75, 3.05) is 20.8 Å². The highest BCUT2D eigenvalue weighted by molar-refractivity contribution is 5.47. The Hall–Kier alpha value is -1.13. The molecular formula is C14H20FNO2. The van der Waals surface area contributed by atoms with Crippen LogP contribution in [-0.2, 0) is 16.8 Å². The predicted octanol–water partition coefficient (Wildman–Crippen LogP) is 2.36. The van der Waals surface area contributed by atoms with Crippen molar-refractivity contribution in [3.63, 3.8) is 0 Å². The standard InChI is InChI=1S/C14H20FNO2/c1-17-8-10-6-11(15)7-12(18-2)13(10)14(9-16)4-3-5-14/h6-7H,3-5,8-9,16H2,1-2H3. The molecule has 2 N–H and O–H groups in total. The topological polar surface area (TPSA) is 44.5 Å². The second-order valence-electron chi connectivity index (χ2n) is 4.91. The first-order valence-corrected chi connectivity index (χ1v) is 6.23. The van der Waals surface area contributed by atoms with Crippen LogP contribution in [0.15, 0.2) is 12.1 Å². The van der Waals surface area contributed by atoms with Crippen LogP contribution in [0, 0.1) is 5.82 Å². The second kappa shape index (κ2) is 5.24. The van der Waals surface area contributed by atoms with Gasteiger partial charge in [0.2, 0.25) is 0 Å². The lowest BCUT2D eigenvalue weighted by molar-refractivity contribution is 0.176. The lowest BCUT2D eigenvalue weighted by Gasteiger charge is -2.43. The van der Waals surface area contributed by atoms with Gasteiger partial charge in [0, 0.05) is 30.7 Å². The molecule has 1 fully saturated rings. The summed E-state index contributed by atoms with van der Waals surface area (Å²) in [6.07, 6.45) is 3.22. The van der Waals surface area contributed by atoms with E-state index in [0.717, 1.165) is 30.4 Å². The van der Waals surface area contributed by atoms with Gasteiger partial charge in [-0.3, -0.25) is 0 Å². The number of methoxy groups -OCH3 is 2. The van der Waals surface area contributed by atoms with E-state index in [1.54, 1.807) is 14.2 Å². The van der Waals surface area contributed by atoms with Crippen LogP contribution in [0.3, 0.4) is 0 Å². The highest BCUT2D eigenvalue weighted by atomic mass is 19.1. The molecule has 0 saturated heterocycles. The number of rotatable bonds is 5. The minimum atomic E-state index is -0.297. The van der Waals surface area contributed by atoms with Crippen LogP contribution < -0.4 is 10.5 Å². The highest BCUT2D eigenvalue weighted by Crippen LogP contribution is 2.48. The molecule has 1 aromatic rings. The molecule has 0 bridgehead atoms. The van der Waals surface area contributed by atoms with Crippen molar-refractivity contribution < 1.29 is 13.9 Å². The number of hydrogen-bond acceptors (Lipinski definition) is 3. The third-order valence-electron chi connectivity index (χ3n) is 3.90. The fraction of sp³-hybridized carbons (Fsp3) is 0.571. The predicted molar refractivity (Wildman–Crippen MR) is 68.2 cm³/mol. The van der Waals surface area contributed by atoms with Gasteiger partial charge in [-0.25, -0.2) is 4.39 Å². The number of benzene rings is 1. The summed E-state index contributed by atoms with van der Waals surface area (Å²) in [4.78, 5) is 0. The van der Waals surface area contributed by atoms with E-state index >= 15 is 0 Å². The van der Waals surface area contributed by atoms with Crippen LogP contribution in [-0.4, -0.2) is 20.8 Å². The van der Waals surface area contributed by atoms with Gasteiger partial charge in [-0.1, -0.05) is 6.42 Å². The zero-order valence-electron chi connectivity index (χ0n) is 11.0. The Labute approximate surface area is 107 Å². The van der Waals surface area contributed by atoms with Crippen LogP contribution in [0.4, 0.5) is 4.39 Å². The molecule has 2 rings (SSSR count). The summed E-state index contributed by atoms with van der Waals surface area (Å²) in [5.74, 6) is 0.293. The molecule has 18 heavy (non-hydrogen) atoms. The average Bonchev–Trinajstić information content (AvgIpc) is 2.30. The maximum Gasteiger partial charge on any atom is 0.127 e. The molecule has 3 nitrogen and oxygen atoms in total. The average molecular weight is 253 g/mol. The van der Waals surface area contributed by atoms with E-state index in [1.807, 2.05) is 0 Å². The molecule has 100 valence electrons. The van der Waals surface area contributed by atoms with E-state index in [4.69, 9.17) is 15.2 Å². The zero-order chi connectivity index (χ0) is 13.2. The molecule has 0 aliphatic heterocycles. The summed E-state index contributed by atoms with van der Waals surface area (Å²) >= 11 is 0. The van der Waals surface area contributed by atoms with E-state index in [2.05, 4.69) is 0 Å². The van der Waals surface area contributed by atoms with Crippen LogP contribution >= 0.6 is 0 Å². The van der Waals surface area contributed by atoms with Crippen molar-refractivity contribution in [1.82, 2.24) is 0 Å². The Kier molecular flexibility index (Phi) is 3.88. The lowest BCUT2D eigenvalue weighted by Crippen LogP contribution is -2.42. The molecular weight excluding hydrogens is 233 g/mol. The summed E-state index contributed by atoms with van der Waals surface area (Å²) in [5.41, 5.74) is 7.75. The van der Waals surface area contributed by atoms with E-state index in [0.29, 0.717) is 18.9 Å². The minimum absolute atomic E-state index is 0.0626. The maximum absolute atomic E-state index is 13.6. The van der Waals surface area contributed by atoms with Gasteiger partial charge < -0.3 is 15.2 Å². The SMILES string of the molecule is COCc1cc(F)cc(OC)c1C1(CN)CCC1. The molecule has 0 radical (unpaired) electrons. The number of nitrogens with two attached hydrogens (primary N) is 1. The summed E-state index contributed by atoms with van der Waals surface area (Å²) in [6, 6.07) is 2.96. The molecule has 1 aliphatic rings. The van der Waals surface area contributed by atoms with Gasteiger partial charge in [0.1, 0.15) is 11.6 Å². The minimum Gasteiger partial charge on any atom is -0.496 e. The first-order valence-electron chi connectivity index (χ1n) is 6.23. The molecule has 0 heterocycles. The molecule has 1 aromatic carbocycles. The van der Waals surface area contributed by atoms with Gasteiger partial charge in [0.05, 0.1) is 13.7 Å². The fourth-order valence-electron chi connectivity index (χ4n) is 2.83. The summed E-state index contributed by atoms with van der Waals surface area (Å²) < 4.78 is 24.1. The van der Waals surface area contributed by atoms with Crippen molar-refractivity contribution in [3.05, 3.63) is 29.1 Å². The first kappa shape index (κ1) is 13.3. The molecule has 0 spiro atoms. The monoisotopic (exact) mass is 253 g/mol. The van der Waals surface area contributed by atoms with Crippen molar-refractivity contribution in [3.8, 4) is 5.75 Å². The Morgan fingerprint density at radius 3 is 2.50 bits per heavy atom. The molecule has 0 amide bonds. The van der Waals surface area contributed by atoms with Gasteiger partial charge in [0.15, 0.2) is 0 Å². The lowest BCUT2D eigenvalue weighted by atomic mass is 9.63. The highest BCUT2D eigenvalue weighted by Gasteiger charge is 2.41. The van der Waals surface area contributed by atoms with Crippen LogP contribution in [0.5, 0.6) is 5.75 Å². The zero-order valence-corrected chi connectivity index (χ0v) is 11.0. The van der Waals surface area contributed by atoms with E-state index < -0.39 is 0 Å². The summed E-state index contributed by atoms with van der Waals surface area (Å²) in [7, 11) is 3.18. The Bertz CT molecular complexity index is 425. The number of hydrogen-bond donors (Lipinski definition) is 1. The van der Waals surface area contributed by atoms with E-state index in [-0.39, 0.29) is 11.2 Å². The van der Waals surface area contributed by atoms with Gasteiger partial charge in [-0.05, 0) is 24.5 Å². The third kappa shape index (κ3) is 2.10. The van der Waals surface area contributed by atoms with Crippen LogP contribution in [0.1, 0.15) is 30.4 Å². The van der Waals surface area contributed by atoms with Gasteiger partial charge in [-0.15, -0.1) is 0 Å². The Balaban J connectivity index is 2.54. The van der Waals surface area contributed by atoms with E-state index in [9.17, 15) is 4.39 Å². The molecule has 1 saturated carbocycles. The van der Waals surface area contributed by atoms with Crippen molar-refractivity contribution in [2.24, 2.45) is 5.73 Å². The Morgan fingerprint density at radius 2 is 2.06 bits per heavy atom. The molecule has 0 unspecified atom stereocenters. The van der Waals surface area contributed by atoms with Gasteiger partial charge in [-0.2, -0.15) is 0 Å². The fourth-order valence-corrected chi connectivity index (χ4v) is 2.83. The van der Waals surface area contributed by atoms with Crippen molar-refractivity contribution in [2.45, 2.75) is 31.3 Å². The smallest absolute Gasteiger partial charge is 0.127 e. The van der Waals surface area contributed by atoms with Crippen LogP contribution in [0.2, 0.25) is 0 Å².